The van der Waals surface area contributed by atoms with Gasteiger partial charge in [-0.05, 0) is 25.5 Å². The van der Waals surface area contributed by atoms with Crippen LogP contribution in [0, 0.1) is 11.6 Å². The lowest BCUT2D eigenvalue weighted by Crippen LogP contribution is -2.45. The monoisotopic (exact) mass is 300 g/mol. The molecule has 0 bridgehead atoms. The lowest BCUT2D eigenvalue weighted by Gasteiger charge is -2.35. The minimum atomic E-state index is -0.584. The van der Waals surface area contributed by atoms with Gasteiger partial charge in [0.15, 0.2) is 0 Å². The van der Waals surface area contributed by atoms with Gasteiger partial charge in [0.1, 0.15) is 11.6 Å². The molecular formula is C15H19ClF2N2. The fourth-order valence-corrected chi connectivity index (χ4v) is 2.80. The summed E-state index contributed by atoms with van der Waals surface area (Å²) in [7, 11) is 0. The molecule has 1 aliphatic rings. The number of halogens is 3. The molecule has 0 spiro atoms. The van der Waals surface area contributed by atoms with Gasteiger partial charge < -0.3 is 5.32 Å². The van der Waals surface area contributed by atoms with Crippen LogP contribution in [0.3, 0.4) is 0 Å². The molecule has 2 rings (SSSR count). The Balaban J connectivity index is 2.37. The largest absolute Gasteiger partial charge is 0.314 e. The average molecular weight is 301 g/mol. The molecule has 1 aromatic rings. The van der Waals surface area contributed by atoms with Crippen molar-refractivity contribution in [1.29, 1.82) is 0 Å². The third kappa shape index (κ3) is 3.57. The van der Waals surface area contributed by atoms with E-state index in [9.17, 15) is 8.78 Å². The first-order valence-corrected chi connectivity index (χ1v) is 7.10. The molecular weight excluding hydrogens is 282 g/mol. The highest BCUT2D eigenvalue weighted by molar-refractivity contribution is 6.30. The number of nitrogens with zero attached hydrogens (tertiary/aromatic N) is 1. The predicted octanol–water partition coefficient (Wildman–Crippen LogP) is 3.53. The first-order valence-electron chi connectivity index (χ1n) is 6.72. The summed E-state index contributed by atoms with van der Waals surface area (Å²) in [4.78, 5) is 2.10. The molecule has 1 saturated heterocycles. The molecule has 0 unspecified atom stereocenters. The van der Waals surface area contributed by atoms with Crippen molar-refractivity contribution < 1.29 is 8.78 Å². The molecule has 5 heteroatoms. The summed E-state index contributed by atoms with van der Waals surface area (Å²) in [5, 5.41) is 3.32. The molecule has 0 aromatic heterocycles. The summed E-state index contributed by atoms with van der Waals surface area (Å²) < 4.78 is 28.3. The number of piperazine rings is 1. The Morgan fingerprint density at radius 2 is 1.90 bits per heavy atom. The summed E-state index contributed by atoms with van der Waals surface area (Å²) in [6.07, 6.45) is 0.537. The highest BCUT2D eigenvalue weighted by atomic mass is 35.5. The molecule has 0 aliphatic carbocycles. The molecule has 1 fully saturated rings. The van der Waals surface area contributed by atoms with Gasteiger partial charge in [-0.2, -0.15) is 0 Å². The molecule has 1 atom stereocenters. The van der Waals surface area contributed by atoms with E-state index in [2.05, 4.69) is 16.8 Å². The topological polar surface area (TPSA) is 15.3 Å². The first-order chi connectivity index (χ1) is 9.49. The molecule has 0 radical (unpaired) electrons. The third-order valence-corrected chi connectivity index (χ3v) is 3.73. The van der Waals surface area contributed by atoms with E-state index in [-0.39, 0.29) is 16.6 Å². The van der Waals surface area contributed by atoms with Gasteiger partial charge in [0, 0.05) is 42.8 Å². The summed E-state index contributed by atoms with van der Waals surface area (Å²) in [5.41, 5.74) is 1.00. The van der Waals surface area contributed by atoms with Crippen molar-refractivity contribution in [2.75, 3.05) is 26.2 Å². The second-order valence-electron chi connectivity index (χ2n) is 5.25. The van der Waals surface area contributed by atoms with Crippen LogP contribution < -0.4 is 5.32 Å². The number of hydrogen-bond donors (Lipinski definition) is 1. The summed E-state index contributed by atoms with van der Waals surface area (Å²) in [6.45, 7) is 8.93. The number of benzene rings is 1. The zero-order chi connectivity index (χ0) is 14.7. The van der Waals surface area contributed by atoms with Gasteiger partial charge in [-0.1, -0.05) is 17.2 Å². The normalized spacial score (nSPS) is 18.0. The zero-order valence-corrected chi connectivity index (χ0v) is 12.3. The van der Waals surface area contributed by atoms with Gasteiger partial charge in [0.25, 0.3) is 0 Å². The van der Waals surface area contributed by atoms with Crippen molar-refractivity contribution in [3.8, 4) is 0 Å². The van der Waals surface area contributed by atoms with Crippen molar-refractivity contribution in [1.82, 2.24) is 10.2 Å². The number of rotatable bonds is 4. The maximum Gasteiger partial charge on any atom is 0.132 e. The van der Waals surface area contributed by atoms with Crippen molar-refractivity contribution in [2.45, 2.75) is 19.4 Å². The molecule has 20 heavy (non-hydrogen) atoms. The molecule has 0 saturated carbocycles. The number of hydrogen-bond acceptors (Lipinski definition) is 2. The Morgan fingerprint density at radius 1 is 1.35 bits per heavy atom. The van der Waals surface area contributed by atoms with E-state index < -0.39 is 11.6 Å². The summed E-state index contributed by atoms with van der Waals surface area (Å²) in [6, 6.07) is 2.02. The highest BCUT2D eigenvalue weighted by Crippen LogP contribution is 2.32. The van der Waals surface area contributed by atoms with Gasteiger partial charge >= 0.3 is 0 Å². The van der Waals surface area contributed by atoms with Crippen LogP contribution in [-0.2, 0) is 0 Å². The molecule has 1 aliphatic heterocycles. The fraction of sp³-hybridized carbons (Fsp3) is 0.467. The van der Waals surface area contributed by atoms with Gasteiger partial charge in [-0.25, -0.2) is 8.78 Å². The van der Waals surface area contributed by atoms with Crippen molar-refractivity contribution >= 4 is 11.6 Å². The van der Waals surface area contributed by atoms with Crippen molar-refractivity contribution in [2.24, 2.45) is 0 Å². The molecule has 110 valence electrons. The Hall–Kier alpha value is -0.970. The molecule has 2 nitrogen and oxygen atoms in total. The fourth-order valence-electron chi connectivity index (χ4n) is 2.61. The molecule has 1 aromatic carbocycles. The van der Waals surface area contributed by atoms with Gasteiger partial charge in [0.2, 0.25) is 0 Å². The summed E-state index contributed by atoms with van der Waals surface area (Å²) >= 11 is 5.70. The SMILES string of the molecule is C=C(C)C[C@@H](c1c(F)cc(Cl)cc1F)N1CCNCC1. The lowest BCUT2D eigenvalue weighted by atomic mass is 9.97. The van der Waals surface area contributed by atoms with E-state index in [1.807, 2.05) is 6.92 Å². The second-order valence-corrected chi connectivity index (χ2v) is 5.68. The van der Waals surface area contributed by atoms with Crippen molar-refractivity contribution in [3.63, 3.8) is 0 Å². The van der Waals surface area contributed by atoms with E-state index in [1.54, 1.807) is 0 Å². The van der Waals surface area contributed by atoms with Crippen LogP contribution in [-0.4, -0.2) is 31.1 Å². The average Bonchev–Trinajstić information content (AvgIpc) is 2.37. The van der Waals surface area contributed by atoms with E-state index in [0.29, 0.717) is 6.42 Å². The van der Waals surface area contributed by atoms with Crippen LogP contribution in [0.2, 0.25) is 5.02 Å². The summed E-state index contributed by atoms with van der Waals surface area (Å²) in [5.74, 6) is -1.17. The van der Waals surface area contributed by atoms with Crippen LogP contribution in [0.5, 0.6) is 0 Å². The molecule has 1 N–H and O–H groups in total. The number of nitrogens with one attached hydrogen (secondary N) is 1. The van der Waals surface area contributed by atoms with E-state index in [4.69, 9.17) is 11.6 Å². The Morgan fingerprint density at radius 3 is 2.40 bits per heavy atom. The second kappa shape index (κ2) is 6.66. The van der Waals surface area contributed by atoms with Gasteiger partial charge in [-0.3, -0.25) is 4.90 Å². The van der Waals surface area contributed by atoms with Crippen LogP contribution in [0.15, 0.2) is 24.3 Å². The van der Waals surface area contributed by atoms with Crippen LogP contribution in [0.1, 0.15) is 24.9 Å². The molecule has 0 amide bonds. The standard InChI is InChI=1S/C15H19ClF2N2/c1-10(2)7-14(20-5-3-19-4-6-20)15-12(17)8-11(16)9-13(15)18/h8-9,14,19H,1,3-7H2,2H3/t14-/m0/s1. The Labute approximate surface area is 123 Å². The van der Waals surface area contributed by atoms with Crippen LogP contribution in [0.25, 0.3) is 0 Å². The minimum Gasteiger partial charge on any atom is -0.314 e. The minimum absolute atomic E-state index is 0.0816. The van der Waals surface area contributed by atoms with E-state index >= 15 is 0 Å². The zero-order valence-electron chi connectivity index (χ0n) is 11.6. The highest BCUT2D eigenvalue weighted by Gasteiger charge is 2.27. The van der Waals surface area contributed by atoms with Crippen LogP contribution >= 0.6 is 11.6 Å². The predicted molar refractivity (Wildman–Crippen MR) is 78.0 cm³/mol. The Bertz CT molecular complexity index is 476. The maximum absolute atomic E-state index is 14.2. The third-order valence-electron chi connectivity index (χ3n) is 3.51. The van der Waals surface area contributed by atoms with Gasteiger partial charge in [0.05, 0.1) is 0 Å². The van der Waals surface area contributed by atoms with Gasteiger partial charge in [-0.15, -0.1) is 6.58 Å². The van der Waals surface area contributed by atoms with Crippen molar-refractivity contribution in [3.05, 3.63) is 46.5 Å². The first kappa shape index (κ1) is 15.4. The lowest BCUT2D eigenvalue weighted by molar-refractivity contribution is 0.166. The smallest absolute Gasteiger partial charge is 0.132 e. The Kier molecular flexibility index (Phi) is 5.13. The van der Waals surface area contributed by atoms with Crippen LogP contribution in [0.4, 0.5) is 8.78 Å². The van der Waals surface area contributed by atoms with E-state index in [1.165, 1.54) is 12.1 Å². The quantitative estimate of drug-likeness (QED) is 0.856. The maximum atomic E-state index is 14.2. The van der Waals surface area contributed by atoms with E-state index in [0.717, 1.165) is 31.8 Å². The molecule has 1 heterocycles.